The largest absolute Gasteiger partial charge is 0.394 e. The number of aliphatic hydroxyl groups is 2. The maximum atomic E-state index is 14.8. The first-order valence-electron chi connectivity index (χ1n) is 10.2. The number of nitrogens with one attached hydrogen (secondary N) is 2. The zero-order chi connectivity index (χ0) is 24.0. The lowest BCUT2D eigenvalue weighted by atomic mass is 9.80. The molecule has 1 aliphatic carbocycles. The number of anilines is 3. The lowest BCUT2D eigenvalue weighted by Crippen LogP contribution is -2.42. The minimum atomic E-state index is -1.48. The normalized spacial score (nSPS) is 22.4. The van der Waals surface area contributed by atoms with Crippen LogP contribution in [0.15, 0.2) is 24.3 Å². The zero-order valence-corrected chi connectivity index (χ0v) is 19.3. The maximum Gasteiger partial charge on any atom is 0.184 e. The van der Waals surface area contributed by atoms with Crippen LogP contribution in [0.3, 0.4) is 0 Å². The van der Waals surface area contributed by atoms with E-state index in [9.17, 15) is 32.6 Å². The van der Waals surface area contributed by atoms with Gasteiger partial charge in [-0.1, -0.05) is 0 Å². The van der Waals surface area contributed by atoms with Crippen LogP contribution in [0.25, 0.3) is 0 Å². The van der Waals surface area contributed by atoms with E-state index in [1.807, 2.05) is 22.6 Å². The molecule has 2 aromatic carbocycles. The third-order valence-electron chi connectivity index (χ3n) is 6.20. The first-order chi connectivity index (χ1) is 15.6. The number of rotatable bonds is 10. The van der Waals surface area contributed by atoms with Gasteiger partial charge < -0.3 is 30.4 Å². The number of benzene rings is 2. The topological polar surface area (TPSA) is 94.1 Å². The van der Waals surface area contributed by atoms with E-state index in [1.165, 1.54) is 18.2 Å². The van der Waals surface area contributed by atoms with Gasteiger partial charge >= 0.3 is 0 Å². The van der Waals surface area contributed by atoms with E-state index in [-0.39, 0.29) is 18.7 Å². The molecule has 178 valence electrons. The molecule has 4 rings (SSSR count). The highest BCUT2D eigenvalue weighted by Crippen LogP contribution is 2.61. The fraction of sp³-hybridized carbons (Fsp3) is 0.409. The van der Waals surface area contributed by atoms with Gasteiger partial charge in [0.1, 0.15) is 17.8 Å². The highest BCUT2D eigenvalue weighted by Gasteiger charge is 2.64. The summed E-state index contributed by atoms with van der Waals surface area (Å²) in [7, 11) is 0. The molecule has 0 amide bonds. The molecule has 6 nitrogen and oxygen atoms in total. The van der Waals surface area contributed by atoms with Crippen molar-refractivity contribution in [3.8, 4) is 0 Å². The third kappa shape index (κ3) is 4.68. The van der Waals surface area contributed by atoms with Crippen molar-refractivity contribution in [2.45, 2.75) is 31.1 Å². The van der Waals surface area contributed by atoms with E-state index in [4.69, 9.17) is 4.74 Å². The Bertz CT molecular complexity index is 1080. The number of carbonyl (C=O) groups excluding carboxylic acids is 1. The highest BCUT2D eigenvalue weighted by molar-refractivity contribution is 14.1. The average Bonchev–Trinajstić information content (AvgIpc) is 3.69. The molecule has 0 aromatic heterocycles. The van der Waals surface area contributed by atoms with Crippen molar-refractivity contribution < 1.29 is 37.3 Å². The summed E-state index contributed by atoms with van der Waals surface area (Å²) in [5.74, 6) is -5.69. The van der Waals surface area contributed by atoms with E-state index < -0.39 is 64.4 Å². The van der Waals surface area contributed by atoms with Gasteiger partial charge in [-0.3, -0.25) is 0 Å². The van der Waals surface area contributed by atoms with Crippen LogP contribution in [0.1, 0.15) is 19.3 Å². The van der Waals surface area contributed by atoms with Gasteiger partial charge in [0, 0.05) is 9.64 Å². The van der Waals surface area contributed by atoms with Gasteiger partial charge in [-0.25, -0.2) is 17.6 Å². The molecule has 2 unspecified atom stereocenters. The van der Waals surface area contributed by atoms with Crippen molar-refractivity contribution >= 4 is 45.9 Å². The number of halogens is 5. The molecule has 1 saturated heterocycles. The number of hydrogen-bond donors (Lipinski definition) is 4. The molecule has 1 heterocycles. The summed E-state index contributed by atoms with van der Waals surface area (Å²) in [6.07, 6.45) is 0.838. The Morgan fingerprint density at radius 1 is 1.12 bits per heavy atom. The Labute approximate surface area is 200 Å². The summed E-state index contributed by atoms with van der Waals surface area (Å²) < 4.78 is 64.0. The van der Waals surface area contributed by atoms with Crippen molar-refractivity contribution in [2.24, 2.45) is 11.3 Å². The first-order valence-corrected chi connectivity index (χ1v) is 11.3. The Morgan fingerprint density at radius 3 is 2.36 bits per heavy atom. The number of epoxide rings is 1. The van der Waals surface area contributed by atoms with Crippen molar-refractivity contribution in [1.82, 2.24) is 0 Å². The van der Waals surface area contributed by atoms with Crippen LogP contribution in [0.2, 0.25) is 0 Å². The summed E-state index contributed by atoms with van der Waals surface area (Å²) in [6, 6.07) is 4.35. The third-order valence-corrected chi connectivity index (χ3v) is 6.87. The quantitative estimate of drug-likeness (QED) is 0.111. The molecule has 0 radical (unpaired) electrons. The summed E-state index contributed by atoms with van der Waals surface area (Å²) in [4.78, 5) is 12.0. The molecule has 3 atom stereocenters. The maximum absolute atomic E-state index is 14.8. The second-order valence-corrected chi connectivity index (χ2v) is 9.72. The molecule has 2 aromatic rings. The lowest BCUT2D eigenvalue weighted by Gasteiger charge is -2.31. The first kappa shape index (κ1) is 24.2. The van der Waals surface area contributed by atoms with Crippen LogP contribution in [-0.4, -0.2) is 41.5 Å². The van der Waals surface area contributed by atoms with Gasteiger partial charge in [-0.05, 0) is 65.5 Å². The molecule has 2 fully saturated rings. The second-order valence-electron chi connectivity index (χ2n) is 8.47. The molecule has 1 aliphatic heterocycles. The number of hydrogen-bond acceptors (Lipinski definition) is 6. The van der Waals surface area contributed by atoms with Gasteiger partial charge in [-0.15, -0.1) is 0 Å². The van der Waals surface area contributed by atoms with E-state index in [0.29, 0.717) is 28.8 Å². The molecule has 0 bridgehead atoms. The van der Waals surface area contributed by atoms with Gasteiger partial charge in [-0.2, -0.15) is 0 Å². The predicted molar refractivity (Wildman–Crippen MR) is 120 cm³/mol. The Kier molecular flexibility index (Phi) is 6.60. The zero-order valence-electron chi connectivity index (χ0n) is 17.2. The van der Waals surface area contributed by atoms with E-state index in [2.05, 4.69) is 10.6 Å². The molecule has 0 spiro atoms. The molecular weight excluding hydrogens is 559 g/mol. The number of ether oxygens (including phenoxy) is 1. The Hall–Kier alpha value is -1.96. The van der Waals surface area contributed by atoms with Crippen LogP contribution < -0.4 is 10.6 Å². The van der Waals surface area contributed by atoms with Gasteiger partial charge in [0.25, 0.3) is 0 Å². The predicted octanol–water partition coefficient (Wildman–Crippen LogP) is 4.07. The SMILES string of the molecule is O=CC(C1(C[C@@H](O)CO)CC1)C1(Nc2c(F)cc(F)c(F)c2Nc2ccc(I)cc2F)CO1. The van der Waals surface area contributed by atoms with Crippen LogP contribution in [0.5, 0.6) is 0 Å². The lowest BCUT2D eigenvalue weighted by molar-refractivity contribution is -0.115. The summed E-state index contributed by atoms with van der Waals surface area (Å²) >= 11 is 1.88. The van der Waals surface area contributed by atoms with Crippen LogP contribution in [0.4, 0.5) is 34.6 Å². The van der Waals surface area contributed by atoms with Crippen molar-refractivity contribution in [3.05, 3.63) is 51.1 Å². The average molecular weight is 580 g/mol. The van der Waals surface area contributed by atoms with Gasteiger partial charge in [0.05, 0.1) is 36.6 Å². The highest BCUT2D eigenvalue weighted by atomic mass is 127. The van der Waals surface area contributed by atoms with Crippen molar-refractivity contribution in [2.75, 3.05) is 23.8 Å². The molecule has 1 saturated carbocycles. The van der Waals surface area contributed by atoms with Gasteiger partial charge in [0.15, 0.2) is 23.2 Å². The number of aldehydes is 1. The fourth-order valence-electron chi connectivity index (χ4n) is 4.26. The summed E-state index contributed by atoms with van der Waals surface area (Å²) in [6.45, 7) is -0.509. The Balaban J connectivity index is 1.69. The fourth-order valence-corrected chi connectivity index (χ4v) is 4.72. The minimum Gasteiger partial charge on any atom is -0.394 e. The van der Waals surface area contributed by atoms with Crippen LogP contribution in [-0.2, 0) is 9.53 Å². The van der Waals surface area contributed by atoms with Crippen molar-refractivity contribution in [3.63, 3.8) is 0 Å². The van der Waals surface area contributed by atoms with E-state index >= 15 is 0 Å². The van der Waals surface area contributed by atoms with Crippen LogP contribution >= 0.6 is 22.6 Å². The standard InChI is InChI=1S/C22H21F4IN2O4/c23-13-5-11(27)1-2-16(13)28-20-18(26)14(24)6-15(25)19(20)29-22(10-33-22)17(9-31)21(3-4-21)7-12(32)8-30/h1-2,5-6,9,12,17,28-30,32H,3-4,7-8,10H2/t12-,17?,22?/m1/s1. The van der Waals surface area contributed by atoms with Crippen LogP contribution in [0, 0.1) is 38.2 Å². The van der Waals surface area contributed by atoms with E-state index in [1.54, 1.807) is 0 Å². The molecule has 4 N–H and O–H groups in total. The van der Waals surface area contributed by atoms with E-state index in [0.717, 1.165) is 0 Å². The number of aliphatic hydroxyl groups excluding tert-OH is 2. The van der Waals surface area contributed by atoms with Crippen molar-refractivity contribution in [1.29, 1.82) is 0 Å². The molecular formula is C22H21F4IN2O4. The molecule has 11 heteroatoms. The monoisotopic (exact) mass is 580 g/mol. The Morgan fingerprint density at radius 2 is 1.82 bits per heavy atom. The molecule has 2 aliphatic rings. The summed E-state index contributed by atoms with van der Waals surface area (Å²) in [5, 5.41) is 24.2. The minimum absolute atomic E-state index is 0.0247. The number of carbonyl (C=O) groups is 1. The summed E-state index contributed by atoms with van der Waals surface area (Å²) in [5.41, 5.74) is -3.50. The second kappa shape index (κ2) is 9.01. The van der Waals surface area contributed by atoms with Gasteiger partial charge in [0.2, 0.25) is 0 Å². The smallest absolute Gasteiger partial charge is 0.184 e. The molecule has 33 heavy (non-hydrogen) atoms.